The van der Waals surface area contributed by atoms with Crippen LogP contribution in [-0.4, -0.2) is 17.6 Å². The summed E-state index contributed by atoms with van der Waals surface area (Å²) in [5, 5.41) is 2.99. The third-order valence-corrected chi connectivity index (χ3v) is 4.43. The highest BCUT2D eigenvalue weighted by Crippen LogP contribution is 2.27. The molecule has 2 aromatic rings. The molecule has 1 heterocycles. The van der Waals surface area contributed by atoms with Crippen LogP contribution in [0.2, 0.25) is 0 Å². The lowest BCUT2D eigenvalue weighted by molar-refractivity contribution is -0.148. The first-order chi connectivity index (χ1) is 9.95. The van der Waals surface area contributed by atoms with Gasteiger partial charge in [0.2, 0.25) is 0 Å². The molecule has 0 aliphatic carbocycles. The van der Waals surface area contributed by atoms with E-state index in [-0.39, 0.29) is 5.97 Å². The van der Waals surface area contributed by atoms with Crippen molar-refractivity contribution in [2.75, 3.05) is 6.61 Å². The first-order valence-corrected chi connectivity index (χ1v) is 7.99. The van der Waals surface area contributed by atoms with Crippen LogP contribution in [-0.2, 0) is 21.4 Å². The molecule has 0 aliphatic heterocycles. The van der Waals surface area contributed by atoms with E-state index in [9.17, 15) is 4.79 Å². The standard InChI is InChI=1S/C17H21NO2S/c1-5-20-16(19)17(3,4)14-11-21-15(18-14)10-13-9-7-6-8-12(13)2/h6-9,11H,5,10H2,1-4H3. The number of aryl methyl sites for hydroxylation is 1. The minimum Gasteiger partial charge on any atom is -0.465 e. The van der Waals surface area contributed by atoms with E-state index in [0.717, 1.165) is 17.1 Å². The van der Waals surface area contributed by atoms with Crippen molar-refractivity contribution in [1.29, 1.82) is 0 Å². The maximum absolute atomic E-state index is 12.0. The van der Waals surface area contributed by atoms with Gasteiger partial charge in [-0.25, -0.2) is 4.98 Å². The molecular formula is C17H21NO2S. The van der Waals surface area contributed by atoms with Crippen molar-refractivity contribution in [2.24, 2.45) is 0 Å². The van der Waals surface area contributed by atoms with Crippen molar-refractivity contribution in [3.63, 3.8) is 0 Å². The first kappa shape index (κ1) is 15.7. The van der Waals surface area contributed by atoms with E-state index in [0.29, 0.717) is 6.61 Å². The molecule has 0 saturated heterocycles. The summed E-state index contributed by atoms with van der Waals surface area (Å²) < 4.78 is 5.13. The van der Waals surface area contributed by atoms with Gasteiger partial charge in [0.05, 0.1) is 17.3 Å². The first-order valence-electron chi connectivity index (χ1n) is 7.11. The highest BCUT2D eigenvalue weighted by Gasteiger charge is 2.33. The predicted molar refractivity (Wildman–Crippen MR) is 85.8 cm³/mol. The molecule has 4 heteroatoms. The van der Waals surface area contributed by atoms with Gasteiger partial charge >= 0.3 is 5.97 Å². The molecule has 1 aromatic carbocycles. The zero-order valence-electron chi connectivity index (χ0n) is 13.0. The van der Waals surface area contributed by atoms with Crippen LogP contribution in [0, 0.1) is 6.92 Å². The van der Waals surface area contributed by atoms with Crippen LogP contribution in [0.1, 0.15) is 42.6 Å². The molecule has 0 fully saturated rings. The lowest BCUT2D eigenvalue weighted by atomic mass is 9.90. The monoisotopic (exact) mass is 303 g/mol. The molecule has 0 saturated carbocycles. The van der Waals surface area contributed by atoms with Crippen LogP contribution in [0.25, 0.3) is 0 Å². The summed E-state index contributed by atoms with van der Waals surface area (Å²) in [4.78, 5) is 16.7. The topological polar surface area (TPSA) is 39.2 Å². The second-order valence-corrected chi connectivity index (χ2v) is 6.52. The van der Waals surface area contributed by atoms with Crippen LogP contribution in [0.3, 0.4) is 0 Å². The van der Waals surface area contributed by atoms with Crippen molar-refractivity contribution in [1.82, 2.24) is 4.98 Å². The fraction of sp³-hybridized carbons (Fsp3) is 0.412. The van der Waals surface area contributed by atoms with Crippen molar-refractivity contribution in [3.8, 4) is 0 Å². The van der Waals surface area contributed by atoms with E-state index in [1.165, 1.54) is 11.1 Å². The summed E-state index contributed by atoms with van der Waals surface area (Å²) in [6.07, 6.45) is 0.802. The summed E-state index contributed by atoms with van der Waals surface area (Å²) in [6, 6.07) is 8.30. The van der Waals surface area contributed by atoms with Gasteiger partial charge in [-0.3, -0.25) is 4.79 Å². The molecule has 1 aromatic heterocycles. The number of ether oxygens (including phenoxy) is 1. The molecule has 21 heavy (non-hydrogen) atoms. The van der Waals surface area contributed by atoms with Crippen LogP contribution in [0.15, 0.2) is 29.6 Å². The maximum atomic E-state index is 12.0. The fourth-order valence-electron chi connectivity index (χ4n) is 2.07. The largest absolute Gasteiger partial charge is 0.465 e. The minimum atomic E-state index is -0.698. The zero-order valence-corrected chi connectivity index (χ0v) is 13.8. The molecule has 0 N–H and O–H groups in total. The van der Waals surface area contributed by atoms with Gasteiger partial charge in [-0.05, 0) is 38.8 Å². The lowest BCUT2D eigenvalue weighted by Gasteiger charge is -2.19. The van der Waals surface area contributed by atoms with Crippen molar-refractivity contribution < 1.29 is 9.53 Å². The van der Waals surface area contributed by atoms with Gasteiger partial charge in [0, 0.05) is 11.8 Å². The number of hydrogen-bond acceptors (Lipinski definition) is 4. The minimum absolute atomic E-state index is 0.224. The molecule has 2 rings (SSSR count). The molecule has 0 unspecified atom stereocenters. The summed E-state index contributed by atoms with van der Waals surface area (Å²) in [6.45, 7) is 8.03. The van der Waals surface area contributed by atoms with Crippen LogP contribution in [0.4, 0.5) is 0 Å². The van der Waals surface area contributed by atoms with E-state index in [2.05, 4.69) is 24.0 Å². The van der Waals surface area contributed by atoms with Gasteiger partial charge in [0.25, 0.3) is 0 Å². The molecule has 0 bridgehead atoms. The van der Waals surface area contributed by atoms with Gasteiger partial charge in [0.1, 0.15) is 5.41 Å². The Morgan fingerprint density at radius 2 is 2.05 bits per heavy atom. The highest BCUT2D eigenvalue weighted by atomic mass is 32.1. The summed E-state index contributed by atoms with van der Waals surface area (Å²) in [7, 11) is 0. The van der Waals surface area contributed by atoms with E-state index in [1.54, 1.807) is 11.3 Å². The third kappa shape index (κ3) is 3.50. The van der Waals surface area contributed by atoms with Crippen molar-refractivity contribution in [2.45, 2.75) is 39.5 Å². The molecule has 0 amide bonds. The summed E-state index contributed by atoms with van der Waals surface area (Å²) in [5.74, 6) is -0.224. The number of aromatic nitrogens is 1. The molecule has 112 valence electrons. The van der Waals surface area contributed by atoms with Gasteiger partial charge in [0.15, 0.2) is 0 Å². The zero-order chi connectivity index (χ0) is 15.5. The van der Waals surface area contributed by atoms with Crippen molar-refractivity contribution in [3.05, 3.63) is 51.5 Å². The molecule has 0 aliphatic rings. The second kappa shape index (κ2) is 6.39. The molecule has 0 spiro atoms. The van der Waals surface area contributed by atoms with Crippen LogP contribution >= 0.6 is 11.3 Å². The average Bonchev–Trinajstić information content (AvgIpc) is 2.91. The Labute approximate surface area is 130 Å². The highest BCUT2D eigenvalue weighted by molar-refractivity contribution is 7.09. The quantitative estimate of drug-likeness (QED) is 0.787. The van der Waals surface area contributed by atoms with E-state index < -0.39 is 5.41 Å². The summed E-state index contributed by atoms with van der Waals surface area (Å²) in [5.41, 5.74) is 2.62. The van der Waals surface area contributed by atoms with Crippen LogP contribution in [0.5, 0.6) is 0 Å². The normalized spacial score (nSPS) is 11.4. The lowest BCUT2D eigenvalue weighted by Crippen LogP contribution is -2.31. The van der Waals surface area contributed by atoms with E-state index >= 15 is 0 Å². The molecule has 0 radical (unpaired) electrons. The Hall–Kier alpha value is -1.68. The number of thiazole rings is 1. The number of rotatable bonds is 5. The van der Waals surface area contributed by atoms with Gasteiger partial charge in [-0.2, -0.15) is 0 Å². The molecule has 3 nitrogen and oxygen atoms in total. The van der Waals surface area contributed by atoms with Gasteiger partial charge in [-0.15, -0.1) is 11.3 Å². The SMILES string of the molecule is CCOC(=O)C(C)(C)c1csc(Cc2ccccc2C)n1. The third-order valence-electron chi connectivity index (χ3n) is 3.58. The smallest absolute Gasteiger partial charge is 0.317 e. The Bertz CT molecular complexity index is 631. The Morgan fingerprint density at radius 3 is 2.71 bits per heavy atom. The number of carbonyl (C=O) groups excluding carboxylic acids is 1. The Balaban J connectivity index is 2.18. The number of hydrogen-bond donors (Lipinski definition) is 0. The number of esters is 1. The van der Waals surface area contributed by atoms with Gasteiger partial charge in [-0.1, -0.05) is 24.3 Å². The maximum Gasteiger partial charge on any atom is 0.317 e. The van der Waals surface area contributed by atoms with Gasteiger partial charge < -0.3 is 4.74 Å². The van der Waals surface area contributed by atoms with Crippen LogP contribution < -0.4 is 0 Å². The number of benzene rings is 1. The Morgan fingerprint density at radius 1 is 1.33 bits per heavy atom. The second-order valence-electron chi connectivity index (χ2n) is 5.58. The van der Waals surface area contributed by atoms with Crippen molar-refractivity contribution >= 4 is 17.3 Å². The number of nitrogens with zero attached hydrogens (tertiary/aromatic N) is 1. The number of carbonyl (C=O) groups is 1. The fourth-order valence-corrected chi connectivity index (χ4v) is 3.05. The van der Waals surface area contributed by atoms with E-state index in [4.69, 9.17) is 4.74 Å². The summed E-state index contributed by atoms with van der Waals surface area (Å²) >= 11 is 1.60. The van der Waals surface area contributed by atoms with E-state index in [1.807, 2.05) is 38.3 Å². The molecular weight excluding hydrogens is 282 g/mol. The molecule has 0 atom stereocenters. The average molecular weight is 303 g/mol. The Kier molecular flexibility index (Phi) is 4.78. The predicted octanol–water partition coefficient (Wildman–Crippen LogP) is 3.88.